The van der Waals surface area contributed by atoms with Crippen molar-refractivity contribution >= 4 is 29.2 Å². The molecular formula is C14H13Cl2N3O2. The third-order valence-electron chi connectivity index (χ3n) is 3.26. The van der Waals surface area contributed by atoms with Crippen LogP contribution >= 0.6 is 23.2 Å². The molecule has 2 aromatic rings. The van der Waals surface area contributed by atoms with E-state index in [0.717, 1.165) is 12.8 Å². The Labute approximate surface area is 131 Å². The van der Waals surface area contributed by atoms with Crippen LogP contribution in [0.25, 0.3) is 11.3 Å². The number of hydrogen-bond acceptors (Lipinski definition) is 4. The van der Waals surface area contributed by atoms with Crippen molar-refractivity contribution in [3.05, 3.63) is 33.9 Å². The van der Waals surface area contributed by atoms with E-state index < -0.39 is 5.97 Å². The average molecular weight is 326 g/mol. The summed E-state index contributed by atoms with van der Waals surface area (Å²) in [5.41, 5.74) is 1.20. The fraction of sp³-hybridized carbons (Fsp3) is 0.357. The number of nitrogens with zero attached hydrogens (tertiary/aromatic N) is 3. The normalized spacial score (nSPS) is 14.2. The van der Waals surface area contributed by atoms with Gasteiger partial charge in [-0.2, -0.15) is 0 Å². The number of carbonyl (C=O) groups is 1. The largest absolute Gasteiger partial charge is 0.461 e. The molecule has 1 aliphatic carbocycles. The molecule has 0 saturated heterocycles. The summed E-state index contributed by atoms with van der Waals surface area (Å²) in [6.45, 7) is 2.04. The number of aromatic nitrogens is 3. The highest BCUT2D eigenvalue weighted by atomic mass is 35.5. The summed E-state index contributed by atoms with van der Waals surface area (Å²) in [5, 5.41) is 9.06. The number of halogens is 2. The monoisotopic (exact) mass is 325 g/mol. The van der Waals surface area contributed by atoms with Crippen molar-refractivity contribution in [2.75, 3.05) is 6.61 Å². The van der Waals surface area contributed by atoms with Crippen LogP contribution < -0.4 is 0 Å². The van der Waals surface area contributed by atoms with Gasteiger partial charge in [0.2, 0.25) is 0 Å². The molecule has 1 heterocycles. The predicted molar refractivity (Wildman–Crippen MR) is 79.7 cm³/mol. The molecular weight excluding hydrogens is 313 g/mol. The second-order valence-electron chi connectivity index (χ2n) is 4.78. The van der Waals surface area contributed by atoms with Gasteiger partial charge in [0.1, 0.15) is 5.69 Å². The van der Waals surface area contributed by atoms with Crippen molar-refractivity contribution < 1.29 is 9.53 Å². The van der Waals surface area contributed by atoms with E-state index in [-0.39, 0.29) is 12.6 Å². The van der Waals surface area contributed by atoms with E-state index in [4.69, 9.17) is 27.9 Å². The molecule has 0 amide bonds. The van der Waals surface area contributed by atoms with Crippen LogP contribution in [0, 0.1) is 0 Å². The zero-order chi connectivity index (χ0) is 15.0. The van der Waals surface area contributed by atoms with Crippen molar-refractivity contribution in [1.29, 1.82) is 0 Å². The van der Waals surface area contributed by atoms with Crippen LogP contribution in [0.4, 0.5) is 0 Å². The lowest BCUT2D eigenvalue weighted by atomic mass is 10.1. The van der Waals surface area contributed by atoms with Crippen LogP contribution in [0.5, 0.6) is 0 Å². The molecule has 21 heavy (non-hydrogen) atoms. The van der Waals surface area contributed by atoms with Gasteiger partial charge in [0.25, 0.3) is 0 Å². The van der Waals surface area contributed by atoms with Crippen molar-refractivity contribution in [3.63, 3.8) is 0 Å². The highest BCUT2D eigenvalue weighted by Crippen LogP contribution is 2.40. The van der Waals surface area contributed by atoms with E-state index in [2.05, 4.69) is 10.3 Å². The Balaban J connectivity index is 2.16. The van der Waals surface area contributed by atoms with E-state index in [1.165, 1.54) is 0 Å². The first kappa shape index (κ1) is 14.4. The van der Waals surface area contributed by atoms with Gasteiger partial charge in [0, 0.05) is 5.56 Å². The predicted octanol–water partition coefficient (Wildman–Crippen LogP) is 3.76. The van der Waals surface area contributed by atoms with Gasteiger partial charge in [0.15, 0.2) is 5.69 Å². The summed E-state index contributed by atoms with van der Waals surface area (Å²) in [6, 6.07) is 5.34. The summed E-state index contributed by atoms with van der Waals surface area (Å²) >= 11 is 12.4. The molecule has 0 bridgehead atoms. The van der Waals surface area contributed by atoms with Crippen LogP contribution in [-0.4, -0.2) is 27.6 Å². The minimum absolute atomic E-state index is 0.201. The van der Waals surface area contributed by atoms with E-state index in [1.807, 2.05) is 0 Å². The Kier molecular flexibility index (Phi) is 3.87. The van der Waals surface area contributed by atoms with Crippen LogP contribution in [0.2, 0.25) is 10.0 Å². The third kappa shape index (κ3) is 2.63. The molecule has 0 atom stereocenters. The number of benzene rings is 1. The maximum absolute atomic E-state index is 12.3. The highest BCUT2D eigenvalue weighted by Gasteiger charge is 2.33. The number of ether oxygens (including phenoxy) is 1. The molecule has 1 aromatic heterocycles. The first-order valence-electron chi connectivity index (χ1n) is 6.70. The van der Waals surface area contributed by atoms with Crippen molar-refractivity contribution in [2.24, 2.45) is 0 Å². The Morgan fingerprint density at radius 3 is 2.62 bits per heavy atom. The minimum Gasteiger partial charge on any atom is -0.461 e. The molecule has 0 unspecified atom stereocenters. The zero-order valence-corrected chi connectivity index (χ0v) is 12.9. The first-order valence-corrected chi connectivity index (χ1v) is 7.45. The second-order valence-corrected chi connectivity index (χ2v) is 5.59. The summed E-state index contributed by atoms with van der Waals surface area (Å²) in [4.78, 5) is 12.3. The fourth-order valence-corrected chi connectivity index (χ4v) is 2.73. The van der Waals surface area contributed by atoms with Crippen LogP contribution in [-0.2, 0) is 4.74 Å². The Morgan fingerprint density at radius 1 is 1.38 bits per heavy atom. The standard InChI is InChI=1S/C14H13Cl2N3O2/c1-2-21-14(20)13-12(17-18-19(13)8-6-7-8)11-9(15)4-3-5-10(11)16/h3-5,8H,2,6-7H2,1H3. The molecule has 3 rings (SSSR count). The summed E-state index contributed by atoms with van der Waals surface area (Å²) < 4.78 is 6.74. The second kappa shape index (κ2) is 5.66. The van der Waals surface area contributed by atoms with Crippen LogP contribution in [0.15, 0.2) is 18.2 Å². The molecule has 1 aliphatic rings. The topological polar surface area (TPSA) is 57.0 Å². The maximum Gasteiger partial charge on any atom is 0.358 e. The molecule has 0 spiro atoms. The van der Waals surface area contributed by atoms with Crippen molar-refractivity contribution in [1.82, 2.24) is 15.0 Å². The number of hydrogen-bond donors (Lipinski definition) is 0. The molecule has 110 valence electrons. The minimum atomic E-state index is -0.458. The van der Waals surface area contributed by atoms with Gasteiger partial charge in [-0.3, -0.25) is 0 Å². The van der Waals surface area contributed by atoms with E-state index in [9.17, 15) is 4.79 Å². The fourth-order valence-electron chi connectivity index (χ4n) is 2.15. The lowest BCUT2D eigenvalue weighted by Crippen LogP contribution is -2.13. The zero-order valence-electron chi connectivity index (χ0n) is 11.3. The molecule has 1 fully saturated rings. The number of esters is 1. The van der Waals surface area contributed by atoms with Gasteiger partial charge in [-0.05, 0) is 31.9 Å². The lowest BCUT2D eigenvalue weighted by Gasteiger charge is -2.08. The van der Waals surface area contributed by atoms with E-state index in [1.54, 1.807) is 29.8 Å². The summed E-state index contributed by atoms with van der Waals surface area (Å²) in [5.74, 6) is -0.458. The van der Waals surface area contributed by atoms with E-state index >= 15 is 0 Å². The molecule has 1 aromatic carbocycles. The van der Waals surface area contributed by atoms with Gasteiger partial charge < -0.3 is 4.74 Å². The molecule has 7 heteroatoms. The Bertz CT molecular complexity index is 675. The maximum atomic E-state index is 12.3. The summed E-state index contributed by atoms with van der Waals surface area (Å²) in [6.07, 6.45) is 1.96. The van der Waals surface area contributed by atoms with Crippen molar-refractivity contribution in [3.8, 4) is 11.3 Å². The Morgan fingerprint density at radius 2 is 2.05 bits per heavy atom. The SMILES string of the molecule is CCOC(=O)c1c(-c2c(Cl)cccc2Cl)nnn1C1CC1. The lowest BCUT2D eigenvalue weighted by molar-refractivity contribution is 0.0512. The van der Waals surface area contributed by atoms with Crippen LogP contribution in [0.3, 0.4) is 0 Å². The number of carbonyl (C=O) groups excluding carboxylic acids is 1. The first-order chi connectivity index (χ1) is 10.1. The summed E-state index contributed by atoms with van der Waals surface area (Å²) in [7, 11) is 0. The third-order valence-corrected chi connectivity index (χ3v) is 3.89. The van der Waals surface area contributed by atoms with Gasteiger partial charge >= 0.3 is 5.97 Å². The average Bonchev–Trinajstić information content (AvgIpc) is 3.19. The molecule has 5 nitrogen and oxygen atoms in total. The molecule has 0 N–H and O–H groups in total. The van der Waals surface area contributed by atoms with Gasteiger partial charge in [0.05, 0.1) is 22.7 Å². The van der Waals surface area contributed by atoms with Crippen LogP contribution in [0.1, 0.15) is 36.3 Å². The Hall–Kier alpha value is -1.59. The van der Waals surface area contributed by atoms with Gasteiger partial charge in [-0.1, -0.05) is 34.5 Å². The van der Waals surface area contributed by atoms with Crippen molar-refractivity contribution in [2.45, 2.75) is 25.8 Å². The van der Waals surface area contributed by atoms with E-state index in [0.29, 0.717) is 27.0 Å². The van der Waals surface area contributed by atoms with Gasteiger partial charge in [-0.15, -0.1) is 5.10 Å². The van der Waals surface area contributed by atoms with Gasteiger partial charge in [-0.25, -0.2) is 9.48 Å². The smallest absolute Gasteiger partial charge is 0.358 e. The highest BCUT2D eigenvalue weighted by molar-refractivity contribution is 6.39. The quantitative estimate of drug-likeness (QED) is 0.803. The molecule has 1 saturated carbocycles. The molecule has 0 aliphatic heterocycles. The molecule has 0 radical (unpaired) electrons. The number of rotatable bonds is 4.